The largest absolute Gasteiger partial charge is 0.380 e. The molecule has 0 saturated carbocycles. The Morgan fingerprint density at radius 1 is 0.935 bits per heavy atom. The van der Waals surface area contributed by atoms with Crippen molar-refractivity contribution in [2.75, 3.05) is 72.9 Å². The van der Waals surface area contributed by atoms with Crippen LogP contribution in [0.5, 0.6) is 0 Å². The van der Waals surface area contributed by atoms with Crippen molar-refractivity contribution in [2.24, 2.45) is 11.3 Å². The molecule has 0 radical (unpaired) electrons. The Kier molecular flexibility index (Phi) is 16.0. The van der Waals surface area contributed by atoms with Crippen LogP contribution in [-0.4, -0.2) is 88.8 Å². The Labute approximate surface area is 192 Å². The Morgan fingerprint density at radius 3 is 2.35 bits per heavy atom. The molecule has 1 unspecified atom stereocenters. The van der Waals surface area contributed by atoms with Gasteiger partial charge in [0.2, 0.25) is 0 Å². The fourth-order valence-corrected chi connectivity index (χ4v) is 3.36. The molecule has 0 spiro atoms. The summed E-state index contributed by atoms with van der Waals surface area (Å²) in [5.74, 6) is 0.705. The van der Waals surface area contributed by atoms with E-state index in [1.165, 1.54) is 19.3 Å². The SMILES string of the molecule is CC(C)CCOCCN1CC(CCOCCOCCN(C)CCCCC(C)(C)C)NN1. The minimum absolute atomic E-state index is 0.420. The molecule has 1 heterocycles. The zero-order valence-electron chi connectivity index (χ0n) is 21.4. The van der Waals surface area contributed by atoms with Gasteiger partial charge in [-0.1, -0.05) is 41.0 Å². The van der Waals surface area contributed by atoms with Crippen LogP contribution in [0.2, 0.25) is 0 Å². The van der Waals surface area contributed by atoms with Gasteiger partial charge in [-0.05, 0) is 50.6 Å². The number of nitrogens with one attached hydrogen (secondary N) is 2. The molecule has 7 nitrogen and oxygen atoms in total. The lowest BCUT2D eigenvalue weighted by Crippen LogP contribution is -2.38. The number of hydrogen-bond acceptors (Lipinski definition) is 7. The summed E-state index contributed by atoms with van der Waals surface area (Å²) in [7, 11) is 2.18. The second-order valence-corrected chi connectivity index (χ2v) is 10.5. The van der Waals surface area contributed by atoms with E-state index in [1.807, 2.05) is 0 Å². The summed E-state index contributed by atoms with van der Waals surface area (Å²) < 4.78 is 17.1. The van der Waals surface area contributed by atoms with E-state index in [0.717, 1.165) is 65.4 Å². The van der Waals surface area contributed by atoms with Crippen LogP contribution in [0.15, 0.2) is 0 Å². The van der Waals surface area contributed by atoms with Gasteiger partial charge in [0.25, 0.3) is 0 Å². The lowest BCUT2D eigenvalue weighted by atomic mass is 9.90. The maximum Gasteiger partial charge on any atom is 0.0701 e. The van der Waals surface area contributed by atoms with E-state index >= 15 is 0 Å². The van der Waals surface area contributed by atoms with Gasteiger partial charge in [0.1, 0.15) is 0 Å². The van der Waals surface area contributed by atoms with Crippen LogP contribution in [-0.2, 0) is 14.2 Å². The first kappa shape index (κ1) is 28.8. The summed E-state index contributed by atoms with van der Waals surface area (Å²) in [6.45, 7) is 19.9. The number of unbranched alkanes of at least 4 members (excludes halogenated alkanes) is 1. The van der Waals surface area contributed by atoms with Crippen molar-refractivity contribution in [3.8, 4) is 0 Å². The van der Waals surface area contributed by atoms with Crippen LogP contribution in [0.25, 0.3) is 0 Å². The number of rotatable bonds is 19. The Morgan fingerprint density at radius 2 is 1.65 bits per heavy atom. The molecule has 0 aromatic rings. The number of likely N-dealkylation sites (N-methyl/N-ethyl adjacent to an activating group) is 1. The predicted molar refractivity (Wildman–Crippen MR) is 129 cm³/mol. The quantitative estimate of drug-likeness (QED) is 0.296. The van der Waals surface area contributed by atoms with E-state index in [2.05, 4.69) is 62.5 Å². The van der Waals surface area contributed by atoms with Gasteiger partial charge in [0.15, 0.2) is 0 Å². The van der Waals surface area contributed by atoms with Gasteiger partial charge in [-0.2, -0.15) is 5.53 Å². The van der Waals surface area contributed by atoms with Crippen LogP contribution in [0.3, 0.4) is 0 Å². The van der Waals surface area contributed by atoms with E-state index in [-0.39, 0.29) is 0 Å². The highest BCUT2D eigenvalue weighted by Gasteiger charge is 2.20. The van der Waals surface area contributed by atoms with Gasteiger partial charge >= 0.3 is 0 Å². The molecule has 7 heteroatoms. The Balaban J connectivity index is 1.85. The van der Waals surface area contributed by atoms with Crippen molar-refractivity contribution in [2.45, 2.75) is 72.8 Å². The second kappa shape index (κ2) is 17.2. The summed E-state index contributed by atoms with van der Waals surface area (Å²) in [5.41, 5.74) is 7.00. The molecule has 1 saturated heterocycles. The van der Waals surface area contributed by atoms with Crippen molar-refractivity contribution in [3.63, 3.8) is 0 Å². The lowest BCUT2D eigenvalue weighted by molar-refractivity contribution is 0.0382. The number of nitrogens with zero attached hydrogens (tertiary/aromatic N) is 2. The van der Waals surface area contributed by atoms with E-state index in [4.69, 9.17) is 14.2 Å². The number of hydrogen-bond donors (Lipinski definition) is 2. The molecule has 0 bridgehead atoms. The van der Waals surface area contributed by atoms with Crippen LogP contribution in [0, 0.1) is 11.3 Å². The monoisotopic (exact) mass is 444 g/mol. The first-order valence-electron chi connectivity index (χ1n) is 12.4. The molecular weight excluding hydrogens is 392 g/mol. The molecule has 0 amide bonds. The molecule has 0 aromatic carbocycles. The topological polar surface area (TPSA) is 58.2 Å². The maximum atomic E-state index is 5.74. The average Bonchev–Trinajstić information content (AvgIpc) is 3.13. The lowest BCUT2D eigenvalue weighted by Gasteiger charge is -2.20. The van der Waals surface area contributed by atoms with Crippen LogP contribution in [0.1, 0.15) is 66.7 Å². The molecule has 1 atom stereocenters. The molecule has 2 N–H and O–H groups in total. The first-order chi connectivity index (χ1) is 14.8. The second-order valence-electron chi connectivity index (χ2n) is 10.5. The predicted octanol–water partition coefficient (Wildman–Crippen LogP) is 3.31. The van der Waals surface area contributed by atoms with E-state index in [1.54, 1.807) is 0 Å². The molecule has 1 aliphatic rings. The molecule has 1 fully saturated rings. The molecule has 31 heavy (non-hydrogen) atoms. The van der Waals surface area contributed by atoms with Crippen molar-refractivity contribution < 1.29 is 14.2 Å². The van der Waals surface area contributed by atoms with Gasteiger partial charge < -0.3 is 19.1 Å². The van der Waals surface area contributed by atoms with E-state index in [9.17, 15) is 0 Å². The fraction of sp³-hybridized carbons (Fsp3) is 1.00. The molecule has 1 aliphatic heterocycles. The van der Waals surface area contributed by atoms with Gasteiger partial charge in [0, 0.05) is 38.9 Å². The fourth-order valence-electron chi connectivity index (χ4n) is 3.36. The standard InChI is InChI=1S/C24H52N4O3/c1-22(2)9-15-29-18-14-28-21-23(25-26-28)10-16-30-19-20-31-17-13-27(6)12-8-7-11-24(3,4)5/h22-23,25-26H,7-21H2,1-6H3. The summed E-state index contributed by atoms with van der Waals surface area (Å²) in [5, 5.41) is 2.18. The van der Waals surface area contributed by atoms with Crippen LogP contribution in [0.4, 0.5) is 0 Å². The average molecular weight is 445 g/mol. The van der Waals surface area contributed by atoms with E-state index < -0.39 is 0 Å². The minimum Gasteiger partial charge on any atom is -0.380 e. The van der Waals surface area contributed by atoms with Gasteiger partial charge in [-0.15, -0.1) is 0 Å². The molecular formula is C24H52N4O3. The Bertz CT molecular complexity index is 418. The normalized spacial score (nSPS) is 18.0. The zero-order valence-corrected chi connectivity index (χ0v) is 21.4. The third kappa shape index (κ3) is 17.9. The highest BCUT2D eigenvalue weighted by Crippen LogP contribution is 2.21. The highest BCUT2D eigenvalue weighted by atomic mass is 16.5. The number of hydrazine groups is 2. The maximum absolute atomic E-state index is 5.74. The minimum atomic E-state index is 0.420. The van der Waals surface area contributed by atoms with Crippen LogP contribution >= 0.6 is 0 Å². The van der Waals surface area contributed by atoms with Gasteiger partial charge in [-0.25, -0.2) is 10.4 Å². The van der Waals surface area contributed by atoms with Crippen molar-refractivity contribution in [3.05, 3.63) is 0 Å². The summed E-state index contributed by atoms with van der Waals surface area (Å²) in [6.07, 6.45) is 5.99. The summed E-state index contributed by atoms with van der Waals surface area (Å²) >= 11 is 0. The Hall–Kier alpha value is -0.280. The molecule has 1 rings (SSSR count). The zero-order chi connectivity index (χ0) is 23.0. The van der Waals surface area contributed by atoms with Gasteiger partial charge in [0.05, 0.1) is 26.4 Å². The third-order valence-corrected chi connectivity index (χ3v) is 5.53. The molecule has 186 valence electrons. The van der Waals surface area contributed by atoms with Crippen molar-refractivity contribution >= 4 is 0 Å². The van der Waals surface area contributed by atoms with Crippen molar-refractivity contribution in [1.82, 2.24) is 20.9 Å². The molecule has 0 aromatic heterocycles. The smallest absolute Gasteiger partial charge is 0.0701 e. The first-order valence-corrected chi connectivity index (χ1v) is 12.4. The third-order valence-electron chi connectivity index (χ3n) is 5.53. The summed E-state index contributed by atoms with van der Waals surface area (Å²) in [6, 6.07) is 0.420. The van der Waals surface area contributed by atoms with Crippen molar-refractivity contribution in [1.29, 1.82) is 0 Å². The van der Waals surface area contributed by atoms with Crippen LogP contribution < -0.4 is 11.0 Å². The number of ether oxygens (including phenoxy) is 3. The summed E-state index contributed by atoms with van der Waals surface area (Å²) in [4.78, 5) is 2.36. The van der Waals surface area contributed by atoms with E-state index in [0.29, 0.717) is 30.6 Å². The molecule has 0 aliphatic carbocycles. The highest BCUT2D eigenvalue weighted by molar-refractivity contribution is 4.73. The van der Waals surface area contributed by atoms with Gasteiger partial charge in [-0.3, -0.25) is 0 Å².